The predicted octanol–water partition coefficient (Wildman–Crippen LogP) is 4.49. The van der Waals surface area contributed by atoms with Crippen LogP contribution < -0.4 is 16.0 Å². The Morgan fingerprint density at radius 2 is 1.93 bits per heavy atom. The second kappa shape index (κ2) is 10.5. The number of nitrogens with two attached hydrogens (primary N) is 1. The van der Waals surface area contributed by atoms with Crippen molar-refractivity contribution in [3.8, 4) is 33.8 Å². The maximum Gasteiger partial charge on any atom is 0.147 e. The molecule has 5 heterocycles. The summed E-state index contributed by atoms with van der Waals surface area (Å²) in [5.74, 6) is 0.528. The highest BCUT2D eigenvalue weighted by atomic mass is 19.1. The fourth-order valence-electron chi connectivity index (χ4n) is 5.40. The molecule has 1 aliphatic heterocycles. The van der Waals surface area contributed by atoms with E-state index in [1.165, 1.54) is 6.07 Å². The molecule has 212 valence electrons. The molecule has 42 heavy (non-hydrogen) atoms. The number of anilines is 2. The van der Waals surface area contributed by atoms with E-state index in [0.717, 1.165) is 81.2 Å². The summed E-state index contributed by atoms with van der Waals surface area (Å²) < 4.78 is 14.7. The predicted molar refractivity (Wildman–Crippen MR) is 165 cm³/mol. The van der Waals surface area contributed by atoms with Gasteiger partial charge in [-0.25, -0.2) is 14.4 Å². The molecule has 0 saturated carbocycles. The Kier molecular flexibility index (Phi) is 6.52. The number of H-pyrrole nitrogens is 2. The van der Waals surface area contributed by atoms with Crippen LogP contribution in [0.15, 0.2) is 67.1 Å². The number of aromatic nitrogens is 6. The van der Waals surface area contributed by atoms with E-state index < -0.39 is 0 Å². The SMILES string of the molecule is CN(C)CCNc1cc(F)cc(-c2ccnc3[nH]c(-c4n[nH]c5ccc(-c6cncc(N7CC(N)C7)n6)cc45)cc23)c1. The first-order chi connectivity index (χ1) is 20.4. The maximum atomic E-state index is 14.7. The summed E-state index contributed by atoms with van der Waals surface area (Å²) in [6.45, 7) is 3.12. The minimum absolute atomic E-state index is 0.180. The summed E-state index contributed by atoms with van der Waals surface area (Å²) in [6, 6.07) is 15.2. The van der Waals surface area contributed by atoms with E-state index >= 15 is 0 Å². The van der Waals surface area contributed by atoms with Gasteiger partial charge in [0.05, 0.1) is 29.3 Å². The molecule has 0 radical (unpaired) electrons. The number of hydrogen-bond acceptors (Lipinski definition) is 8. The van der Waals surface area contributed by atoms with Crippen molar-refractivity contribution >= 4 is 33.4 Å². The molecule has 11 heteroatoms. The minimum atomic E-state index is -0.296. The highest BCUT2D eigenvalue weighted by Crippen LogP contribution is 2.35. The number of aromatic amines is 2. The zero-order chi connectivity index (χ0) is 28.8. The average Bonchev–Trinajstić information content (AvgIpc) is 3.59. The average molecular weight is 563 g/mol. The minimum Gasteiger partial charge on any atom is -0.384 e. The third-order valence-electron chi connectivity index (χ3n) is 7.60. The van der Waals surface area contributed by atoms with E-state index in [-0.39, 0.29) is 11.9 Å². The Morgan fingerprint density at radius 1 is 1.05 bits per heavy atom. The number of rotatable bonds is 8. The van der Waals surface area contributed by atoms with Gasteiger partial charge < -0.3 is 25.8 Å². The van der Waals surface area contributed by atoms with Gasteiger partial charge in [-0.05, 0) is 67.7 Å². The lowest BCUT2D eigenvalue weighted by molar-refractivity contribution is 0.425. The number of pyridine rings is 1. The Balaban J connectivity index is 1.24. The monoisotopic (exact) mass is 562 g/mol. The van der Waals surface area contributed by atoms with Crippen molar-refractivity contribution < 1.29 is 4.39 Å². The van der Waals surface area contributed by atoms with Crippen LogP contribution in [-0.2, 0) is 0 Å². The van der Waals surface area contributed by atoms with Crippen molar-refractivity contribution in [3.63, 3.8) is 0 Å². The van der Waals surface area contributed by atoms with E-state index in [4.69, 9.17) is 10.7 Å². The van der Waals surface area contributed by atoms with Gasteiger partial charge in [0.1, 0.15) is 23.0 Å². The lowest BCUT2D eigenvalue weighted by Gasteiger charge is -2.37. The van der Waals surface area contributed by atoms with Crippen molar-refractivity contribution in [2.24, 2.45) is 5.73 Å². The zero-order valence-corrected chi connectivity index (χ0v) is 23.4. The molecule has 5 N–H and O–H groups in total. The van der Waals surface area contributed by atoms with Crippen LogP contribution in [0.4, 0.5) is 15.9 Å². The quantitative estimate of drug-likeness (QED) is 0.214. The van der Waals surface area contributed by atoms with Crippen LogP contribution in [0.3, 0.4) is 0 Å². The van der Waals surface area contributed by atoms with Crippen LogP contribution >= 0.6 is 0 Å². The molecule has 0 unspecified atom stereocenters. The van der Waals surface area contributed by atoms with E-state index in [2.05, 4.69) is 46.3 Å². The lowest BCUT2D eigenvalue weighted by Crippen LogP contribution is -2.56. The normalized spacial score (nSPS) is 13.8. The molecular weight excluding hydrogens is 531 g/mol. The number of halogens is 1. The third kappa shape index (κ3) is 4.93. The third-order valence-corrected chi connectivity index (χ3v) is 7.60. The van der Waals surface area contributed by atoms with Gasteiger partial charge in [-0.15, -0.1) is 0 Å². The van der Waals surface area contributed by atoms with Crippen LogP contribution in [0.25, 0.3) is 55.7 Å². The molecule has 0 amide bonds. The van der Waals surface area contributed by atoms with Crippen LogP contribution in [0, 0.1) is 5.82 Å². The molecule has 1 fully saturated rings. The molecule has 1 saturated heterocycles. The van der Waals surface area contributed by atoms with E-state index in [9.17, 15) is 4.39 Å². The highest BCUT2D eigenvalue weighted by Gasteiger charge is 2.25. The van der Waals surface area contributed by atoms with Crippen molar-refractivity contribution in [2.45, 2.75) is 6.04 Å². The molecular formula is C31H31FN10. The van der Waals surface area contributed by atoms with E-state index in [1.807, 2.05) is 44.4 Å². The highest BCUT2D eigenvalue weighted by molar-refractivity contribution is 6.00. The fourth-order valence-corrected chi connectivity index (χ4v) is 5.40. The molecule has 7 rings (SSSR count). The van der Waals surface area contributed by atoms with Crippen molar-refractivity contribution in [3.05, 3.63) is 72.9 Å². The molecule has 10 nitrogen and oxygen atoms in total. The molecule has 6 aromatic rings. The molecule has 4 aromatic heterocycles. The summed E-state index contributed by atoms with van der Waals surface area (Å²) in [4.78, 5) is 21.5. The van der Waals surface area contributed by atoms with Gasteiger partial charge >= 0.3 is 0 Å². The summed E-state index contributed by atoms with van der Waals surface area (Å²) in [5, 5.41) is 12.9. The van der Waals surface area contributed by atoms with Gasteiger partial charge in [-0.1, -0.05) is 6.07 Å². The zero-order valence-electron chi connectivity index (χ0n) is 23.4. The first-order valence-corrected chi connectivity index (χ1v) is 13.9. The summed E-state index contributed by atoms with van der Waals surface area (Å²) in [6.07, 6.45) is 5.28. The molecule has 0 atom stereocenters. The van der Waals surface area contributed by atoms with Gasteiger partial charge in [-0.2, -0.15) is 5.10 Å². The molecule has 1 aliphatic rings. The molecule has 2 aromatic carbocycles. The number of hydrogen-bond donors (Lipinski definition) is 4. The van der Waals surface area contributed by atoms with Crippen molar-refractivity contribution in [2.75, 3.05) is 50.5 Å². The van der Waals surface area contributed by atoms with Crippen LogP contribution in [0.5, 0.6) is 0 Å². The van der Waals surface area contributed by atoms with Gasteiger partial charge in [0.2, 0.25) is 0 Å². The van der Waals surface area contributed by atoms with E-state index in [0.29, 0.717) is 12.2 Å². The maximum absolute atomic E-state index is 14.7. The Morgan fingerprint density at radius 3 is 2.76 bits per heavy atom. The standard InChI is InChI=1S/C31H31FN10/c1-41(2)8-7-35-22-10-19(9-20(32)12-22)23-5-6-36-31-24(23)13-27(38-31)30-25-11-18(3-4-26(25)39-40-30)28-14-34-15-29(37-28)42-16-21(33)17-42/h3-6,9-15,21,35H,7-8,16-17,33H2,1-2H3,(H,36,38)(H,39,40). The Hall–Kier alpha value is -4.87. The number of likely N-dealkylation sites (N-methyl/N-ethyl adjacent to an activating group) is 1. The molecule has 0 spiro atoms. The number of nitrogens with one attached hydrogen (secondary N) is 3. The Bertz CT molecular complexity index is 1900. The second-order valence-electron chi connectivity index (χ2n) is 11.0. The summed E-state index contributed by atoms with van der Waals surface area (Å²) in [5.41, 5.74) is 13.2. The second-order valence-corrected chi connectivity index (χ2v) is 11.0. The largest absolute Gasteiger partial charge is 0.384 e. The van der Waals surface area contributed by atoms with Crippen LogP contribution in [0.2, 0.25) is 0 Å². The topological polar surface area (TPSA) is 128 Å². The summed E-state index contributed by atoms with van der Waals surface area (Å²) in [7, 11) is 4.02. The van der Waals surface area contributed by atoms with Crippen LogP contribution in [-0.4, -0.2) is 81.3 Å². The lowest BCUT2D eigenvalue weighted by atomic mass is 10.0. The first-order valence-electron chi connectivity index (χ1n) is 13.9. The van der Waals surface area contributed by atoms with Crippen LogP contribution in [0.1, 0.15) is 0 Å². The van der Waals surface area contributed by atoms with Gasteiger partial charge in [-0.3, -0.25) is 10.1 Å². The number of benzene rings is 2. The molecule has 0 aliphatic carbocycles. The number of nitrogens with zero attached hydrogens (tertiary/aromatic N) is 6. The Labute approximate surface area is 241 Å². The summed E-state index contributed by atoms with van der Waals surface area (Å²) >= 11 is 0. The fraction of sp³-hybridized carbons (Fsp3) is 0.226. The smallest absolute Gasteiger partial charge is 0.147 e. The first kappa shape index (κ1) is 26.1. The number of fused-ring (bicyclic) bond motifs is 2. The van der Waals surface area contributed by atoms with Crippen molar-refractivity contribution in [1.82, 2.24) is 35.0 Å². The van der Waals surface area contributed by atoms with Crippen molar-refractivity contribution in [1.29, 1.82) is 0 Å². The van der Waals surface area contributed by atoms with Gasteiger partial charge in [0.25, 0.3) is 0 Å². The van der Waals surface area contributed by atoms with Gasteiger partial charge in [0, 0.05) is 60.4 Å². The van der Waals surface area contributed by atoms with E-state index in [1.54, 1.807) is 24.7 Å². The van der Waals surface area contributed by atoms with Gasteiger partial charge in [0.15, 0.2) is 0 Å². The molecule has 0 bridgehead atoms.